The standard InChI is InChI=1S/C12H17FN2O2/c1-9(10-2-4-11(13)5-3-10)15-12(16)8-17-7-6-14/h2-5,9H,6-8,14H2,1H3,(H,15,16). The Bertz CT molecular complexity index is 354. The minimum Gasteiger partial charge on any atom is -0.370 e. The smallest absolute Gasteiger partial charge is 0.246 e. The van der Waals surface area contributed by atoms with Gasteiger partial charge < -0.3 is 15.8 Å². The lowest BCUT2D eigenvalue weighted by molar-refractivity contribution is -0.126. The Morgan fingerprint density at radius 3 is 2.71 bits per heavy atom. The fourth-order valence-electron chi connectivity index (χ4n) is 1.37. The first-order valence-corrected chi connectivity index (χ1v) is 5.46. The highest BCUT2D eigenvalue weighted by atomic mass is 19.1. The van der Waals surface area contributed by atoms with Gasteiger partial charge in [0.1, 0.15) is 12.4 Å². The normalized spacial score (nSPS) is 12.2. The van der Waals surface area contributed by atoms with E-state index in [1.54, 1.807) is 12.1 Å². The molecule has 0 radical (unpaired) electrons. The summed E-state index contributed by atoms with van der Waals surface area (Å²) in [4.78, 5) is 11.4. The molecule has 1 amide bonds. The maximum absolute atomic E-state index is 12.7. The highest BCUT2D eigenvalue weighted by Crippen LogP contribution is 2.12. The molecule has 5 heteroatoms. The topological polar surface area (TPSA) is 64.3 Å². The van der Waals surface area contributed by atoms with Crippen molar-refractivity contribution in [3.63, 3.8) is 0 Å². The minimum absolute atomic E-state index is 0.0112. The van der Waals surface area contributed by atoms with Crippen LogP contribution in [-0.4, -0.2) is 25.7 Å². The average Bonchev–Trinajstić information content (AvgIpc) is 2.30. The number of nitrogens with two attached hydrogens (primary N) is 1. The lowest BCUT2D eigenvalue weighted by Crippen LogP contribution is -2.30. The number of benzene rings is 1. The van der Waals surface area contributed by atoms with Gasteiger partial charge in [0.2, 0.25) is 5.91 Å². The molecule has 0 spiro atoms. The van der Waals surface area contributed by atoms with Crippen LogP contribution in [0.1, 0.15) is 18.5 Å². The van der Waals surface area contributed by atoms with E-state index in [4.69, 9.17) is 10.5 Å². The van der Waals surface area contributed by atoms with Crippen LogP contribution in [0.15, 0.2) is 24.3 Å². The second kappa shape index (κ2) is 6.98. The second-order valence-electron chi connectivity index (χ2n) is 3.68. The van der Waals surface area contributed by atoms with Gasteiger partial charge in [-0.25, -0.2) is 4.39 Å². The Hall–Kier alpha value is -1.46. The molecular formula is C12H17FN2O2. The van der Waals surface area contributed by atoms with Crippen LogP contribution in [0.2, 0.25) is 0 Å². The van der Waals surface area contributed by atoms with Crippen LogP contribution in [0, 0.1) is 5.82 Å². The van der Waals surface area contributed by atoms with Gasteiger partial charge in [-0.3, -0.25) is 4.79 Å². The van der Waals surface area contributed by atoms with Crippen molar-refractivity contribution < 1.29 is 13.9 Å². The highest BCUT2D eigenvalue weighted by Gasteiger charge is 2.09. The molecule has 0 aliphatic carbocycles. The molecule has 3 N–H and O–H groups in total. The molecule has 1 atom stereocenters. The van der Waals surface area contributed by atoms with E-state index in [0.29, 0.717) is 13.2 Å². The third-order valence-electron chi connectivity index (χ3n) is 2.24. The number of carbonyl (C=O) groups is 1. The Kier molecular flexibility index (Phi) is 5.59. The van der Waals surface area contributed by atoms with E-state index in [9.17, 15) is 9.18 Å². The Morgan fingerprint density at radius 1 is 1.47 bits per heavy atom. The number of rotatable bonds is 6. The second-order valence-corrected chi connectivity index (χ2v) is 3.68. The summed E-state index contributed by atoms with van der Waals surface area (Å²) in [6.45, 7) is 2.57. The zero-order valence-corrected chi connectivity index (χ0v) is 9.78. The van der Waals surface area contributed by atoms with Crippen molar-refractivity contribution in [1.82, 2.24) is 5.32 Å². The Balaban J connectivity index is 2.40. The maximum Gasteiger partial charge on any atom is 0.246 e. The molecule has 4 nitrogen and oxygen atoms in total. The predicted octanol–water partition coefficient (Wildman–Crippen LogP) is 0.978. The number of amides is 1. The van der Waals surface area contributed by atoms with Crippen LogP contribution in [0.5, 0.6) is 0 Å². The third kappa shape index (κ3) is 4.93. The molecule has 0 saturated carbocycles. The molecule has 94 valence electrons. The van der Waals surface area contributed by atoms with E-state index in [1.807, 2.05) is 6.92 Å². The minimum atomic E-state index is -0.293. The lowest BCUT2D eigenvalue weighted by atomic mass is 10.1. The van der Waals surface area contributed by atoms with Crippen LogP contribution < -0.4 is 11.1 Å². The number of halogens is 1. The van der Waals surface area contributed by atoms with Crippen LogP contribution >= 0.6 is 0 Å². The number of hydrogen-bond acceptors (Lipinski definition) is 3. The summed E-state index contributed by atoms with van der Waals surface area (Å²) in [5.74, 6) is -0.506. The van der Waals surface area contributed by atoms with Crippen molar-refractivity contribution in [3.05, 3.63) is 35.6 Å². The summed E-state index contributed by atoms with van der Waals surface area (Å²) in [6.07, 6.45) is 0. The molecule has 0 aliphatic rings. The summed E-state index contributed by atoms with van der Waals surface area (Å²) in [5, 5.41) is 2.75. The zero-order chi connectivity index (χ0) is 12.7. The van der Waals surface area contributed by atoms with Crippen molar-refractivity contribution >= 4 is 5.91 Å². The van der Waals surface area contributed by atoms with Gasteiger partial charge in [-0.1, -0.05) is 12.1 Å². The highest BCUT2D eigenvalue weighted by molar-refractivity contribution is 5.77. The molecule has 0 aromatic heterocycles. The molecule has 0 saturated heterocycles. The van der Waals surface area contributed by atoms with Crippen LogP contribution in [0.3, 0.4) is 0 Å². The van der Waals surface area contributed by atoms with Crippen molar-refractivity contribution in [2.45, 2.75) is 13.0 Å². The fraction of sp³-hybridized carbons (Fsp3) is 0.417. The van der Waals surface area contributed by atoms with Gasteiger partial charge in [-0.2, -0.15) is 0 Å². The Morgan fingerprint density at radius 2 is 2.12 bits per heavy atom. The SMILES string of the molecule is CC(NC(=O)COCCN)c1ccc(F)cc1. The van der Waals surface area contributed by atoms with E-state index in [1.165, 1.54) is 12.1 Å². The molecule has 1 aromatic carbocycles. The zero-order valence-electron chi connectivity index (χ0n) is 9.78. The molecule has 1 unspecified atom stereocenters. The average molecular weight is 240 g/mol. The van der Waals surface area contributed by atoms with Crippen molar-refractivity contribution in [2.75, 3.05) is 19.8 Å². The Labute approximate surface area is 100.0 Å². The quantitative estimate of drug-likeness (QED) is 0.728. The number of carbonyl (C=O) groups excluding carboxylic acids is 1. The van der Waals surface area contributed by atoms with E-state index in [-0.39, 0.29) is 24.4 Å². The van der Waals surface area contributed by atoms with Gasteiger partial charge in [-0.15, -0.1) is 0 Å². The number of ether oxygens (including phenoxy) is 1. The fourth-order valence-corrected chi connectivity index (χ4v) is 1.37. The van der Waals surface area contributed by atoms with Crippen LogP contribution in [0.4, 0.5) is 4.39 Å². The summed E-state index contributed by atoms with van der Waals surface area (Å²) < 4.78 is 17.7. The monoisotopic (exact) mass is 240 g/mol. The molecule has 17 heavy (non-hydrogen) atoms. The lowest BCUT2D eigenvalue weighted by Gasteiger charge is -2.14. The molecule has 1 rings (SSSR count). The van der Waals surface area contributed by atoms with Gasteiger partial charge >= 0.3 is 0 Å². The van der Waals surface area contributed by atoms with Gasteiger partial charge in [0, 0.05) is 6.54 Å². The van der Waals surface area contributed by atoms with Crippen molar-refractivity contribution in [2.24, 2.45) is 5.73 Å². The number of nitrogens with one attached hydrogen (secondary N) is 1. The van der Waals surface area contributed by atoms with Gasteiger partial charge in [-0.05, 0) is 24.6 Å². The molecule has 0 bridgehead atoms. The largest absolute Gasteiger partial charge is 0.370 e. The summed E-state index contributed by atoms with van der Waals surface area (Å²) in [6, 6.07) is 5.83. The van der Waals surface area contributed by atoms with Crippen molar-refractivity contribution in [3.8, 4) is 0 Å². The summed E-state index contributed by atoms with van der Waals surface area (Å²) in [5.41, 5.74) is 6.07. The first-order chi connectivity index (χ1) is 8.13. The van der Waals surface area contributed by atoms with Crippen LogP contribution in [0.25, 0.3) is 0 Å². The molecule has 0 aliphatic heterocycles. The third-order valence-corrected chi connectivity index (χ3v) is 2.24. The molecule has 1 aromatic rings. The van der Waals surface area contributed by atoms with Crippen LogP contribution in [-0.2, 0) is 9.53 Å². The van der Waals surface area contributed by atoms with Gasteiger partial charge in [0.25, 0.3) is 0 Å². The molecule has 0 heterocycles. The molecule has 0 fully saturated rings. The van der Waals surface area contributed by atoms with E-state index >= 15 is 0 Å². The van der Waals surface area contributed by atoms with E-state index in [0.717, 1.165) is 5.56 Å². The predicted molar refractivity (Wildman–Crippen MR) is 62.8 cm³/mol. The summed E-state index contributed by atoms with van der Waals surface area (Å²) in [7, 11) is 0. The molecular weight excluding hydrogens is 223 g/mol. The number of hydrogen-bond donors (Lipinski definition) is 2. The van der Waals surface area contributed by atoms with E-state index < -0.39 is 0 Å². The van der Waals surface area contributed by atoms with Crippen molar-refractivity contribution in [1.29, 1.82) is 0 Å². The van der Waals surface area contributed by atoms with Gasteiger partial charge in [0.15, 0.2) is 0 Å². The first kappa shape index (κ1) is 13.6. The van der Waals surface area contributed by atoms with E-state index in [2.05, 4.69) is 5.32 Å². The first-order valence-electron chi connectivity index (χ1n) is 5.46. The summed E-state index contributed by atoms with van der Waals surface area (Å²) >= 11 is 0. The van der Waals surface area contributed by atoms with Gasteiger partial charge in [0.05, 0.1) is 12.6 Å². The maximum atomic E-state index is 12.7.